The number of hydrogen-bond donors (Lipinski definition) is 1. The van der Waals surface area contributed by atoms with Crippen molar-refractivity contribution in [2.45, 2.75) is 77.8 Å². The molecule has 0 spiro atoms. The molecule has 1 unspecified atom stereocenters. The van der Waals surface area contributed by atoms with Gasteiger partial charge in [0.05, 0.1) is 0 Å². The number of benzene rings is 1. The van der Waals surface area contributed by atoms with Gasteiger partial charge in [0.15, 0.2) is 0 Å². The average Bonchev–Trinajstić information content (AvgIpc) is 3.00. The summed E-state index contributed by atoms with van der Waals surface area (Å²) in [5, 5.41) is 3.12. The molecule has 1 aromatic heterocycles. The van der Waals surface area contributed by atoms with Gasteiger partial charge in [0.25, 0.3) is 5.91 Å². The highest BCUT2D eigenvalue weighted by Gasteiger charge is 2.22. The lowest BCUT2D eigenvalue weighted by atomic mass is 9.86. The van der Waals surface area contributed by atoms with Crippen LogP contribution in [0.25, 0.3) is 0 Å². The van der Waals surface area contributed by atoms with Crippen molar-refractivity contribution in [1.29, 1.82) is 0 Å². The molecule has 0 saturated carbocycles. The van der Waals surface area contributed by atoms with Crippen LogP contribution in [0.4, 0.5) is 0 Å². The molecule has 2 aromatic rings. The molecule has 1 amide bonds. The average molecular weight is 555 g/mol. The lowest BCUT2D eigenvalue weighted by Gasteiger charge is -2.33. The number of allylic oxidation sites excluding steroid dienone is 3. The minimum atomic E-state index is 0.0405. The predicted molar refractivity (Wildman–Crippen MR) is 168 cm³/mol. The summed E-state index contributed by atoms with van der Waals surface area (Å²) in [6.07, 6.45) is 22.1. The Balaban J connectivity index is 0.947. The summed E-state index contributed by atoms with van der Waals surface area (Å²) in [5.74, 6) is 2.47. The van der Waals surface area contributed by atoms with E-state index in [0.29, 0.717) is 12.5 Å². The zero-order valence-corrected chi connectivity index (χ0v) is 25.1. The zero-order valence-electron chi connectivity index (χ0n) is 25.1. The van der Waals surface area contributed by atoms with Crippen molar-refractivity contribution in [3.8, 4) is 0 Å². The molecule has 1 N–H and O–H groups in total. The van der Waals surface area contributed by atoms with Gasteiger partial charge in [0, 0.05) is 37.6 Å². The van der Waals surface area contributed by atoms with Gasteiger partial charge in [-0.15, -0.1) is 0 Å². The van der Waals surface area contributed by atoms with Crippen LogP contribution in [0.1, 0.15) is 86.2 Å². The van der Waals surface area contributed by atoms with Crippen LogP contribution in [0.3, 0.4) is 0 Å². The first-order valence-corrected chi connectivity index (χ1v) is 16.2. The van der Waals surface area contributed by atoms with E-state index in [0.717, 1.165) is 43.3 Å². The summed E-state index contributed by atoms with van der Waals surface area (Å²) in [7, 11) is 0. The second-order valence-corrected chi connectivity index (χ2v) is 12.8. The monoisotopic (exact) mass is 554 g/mol. The van der Waals surface area contributed by atoms with Crippen LogP contribution in [0.2, 0.25) is 0 Å². The van der Waals surface area contributed by atoms with E-state index in [-0.39, 0.29) is 5.91 Å². The number of amides is 1. The maximum absolute atomic E-state index is 12.8. The molecule has 3 heterocycles. The van der Waals surface area contributed by atoms with Gasteiger partial charge in [-0.25, -0.2) is 0 Å². The molecule has 2 aliphatic heterocycles. The van der Waals surface area contributed by atoms with Gasteiger partial charge in [-0.1, -0.05) is 62.1 Å². The first-order chi connectivity index (χ1) is 20.1. The molecule has 0 bridgehead atoms. The summed E-state index contributed by atoms with van der Waals surface area (Å²) >= 11 is 0. The maximum Gasteiger partial charge on any atom is 0.251 e. The molecule has 5 nitrogen and oxygen atoms in total. The fraction of sp³-hybridized carbons (Fsp3) is 0.556. The van der Waals surface area contributed by atoms with Crippen LogP contribution in [0.5, 0.6) is 0 Å². The molecule has 0 radical (unpaired) electrons. The summed E-state index contributed by atoms with van der Waals surface area (Å²) in [5.41, 5.74) is 4.74. The summed E-state index contributed by atoms with van der Waals surface area (Å²) in [6, 6.07) is 12.5. The van der Waals surface area contributed by atoms with E-state index in [9.17, 15) is 4.79 Å². The lowest BCUT2D eigenvalue weighted by molar-refractivity contribution is 0.0954. The minimum absolute atomic E-state index is 0.0405. The molecular formula is C36H50N4O. The molecule has 220 valence electrons. The summed E-state index contributed by atoms with van der Waals surface area (Å²) in [6.45, 7) is 9.77. The number of nitrogens with zero attached hydrogens (tertiary/aromatic N) is 3. The molecule has 5 rings (SSSR count). The smallest absolute Gasteiger partial charge is 0.251 e. The number of carbonyl (C=O) groups excluding carboxylic acids is 1. The fourth-order valence-electron chi connectivity index (χ4n) is 6.76. The first-order valence-electron chi connectivity index (χ1n) is 16.2. The zero-order chi connectivity index (χ0) is 28.3. The Morgan fingerprint density at radius 1 is 0.902 bits per heavy atom. The van der Waals surface area contributed by atoms with Crippen LogP contribution in [-0.2, 0) is 13.1 Å². The van der Waals surface area contributed by atoms with Crippen molar-refractivity contribution in [1.82, 2.24) is 20.1 Å². The van der Waals surface area contributed by atoms with E-state index >= 15 is 0 Å². The Kier molecular flexibility index (Phi) is 11.2. The third-order valence-electron chi connectivity index (χ3n) is 9.48. The number of pyridine rings is 1. The Bertz CT molecular complexity index is 1140. The minimum Gasteiger partial charge on any atom is -0.352 e. The standard InChI is InChI=1S/C36H50N4O/c1-29-8-10-32(11-9-29)14-21-38-36(41)35-7-3-6-34(26-35)28-40-24-17-31(18-25-40)5-2-4-30-15-22-39(23-16-30)27-33-12-19-37-20-13-33/h3,6-8,10-13,19-20,26,29-31H,2,4-5,9,14-18,21-25,27-28H2,1H3,(H,38,41). The Morgan fingerprint density at radius 3 is 2.20 bits per heavy atom. The van der Waals surface area contributed by atoms with Gasteiger partial charge in [-0.2, -0.15) is 0 Å². The van der Waals surface area contributed by atoms with Crippen molar-refractivity contribution in [2.75, 3.05) is 32.7 Å². The van der Waals surface area contributed by atoms with E-state index in [2.05, 4.69) is 69.5 Å². The van der Waals surface area contributed by atoms with Gasteiger partial charge >= 0.3 is 0 Å². The predicted octanol–water partition coefficient (Wildman–Crippen LogP) is 7.02. The van der Waals surface area contributed by atoms with Crippen LogP contribution in [0, 0.1) is 17.8 Å². The molecule has 1 aliphatic carbocycles. The van der Waals surface area contributed by atoms with E-state index in [4.69, 9.17) is 0 Å². The molecule has 41 heavy (non-hydrogen) atoms. The highest BCUT2D eigenvalue weighted by atomic mass is 16.1. The number of carbonyl (C=O) groups is 1. The topological polar surface area (TPSA) is 48.5 Å². The van der Waals surface area contributed by atoms with Crippen LogP contribution in [0.15, 0.2) is 72.6 Å². The SMILES string of the molecule is CC1C=CC(CCNC(=O)c2cccc(CN3CCC(CCCC4CCN(Cc5ccncc5)CC4)CC3)c2)=CC1. The Morgan fingerprint density at radius 2 is 1.56 bits per heavy atom. The number of likely N-dealkylation sites (tertiary alicyclic amines) is 2. The van der Waals surface area contributed by atoms with E-state index in [1.807, 2.05) is 24.5 Å². The normalized spacial score (nSPS) is 21.1. The van der Waals surface area contributed by atoms with Crippen molar-refractivity contribution < 1.29 is 4.79 Å². The lowest BCUT2D eigenvalue weighted by Crippen LogP contribution is -2.34. The van der Waals surface area contributed by atoms with Gasteiger partial charge in [0.2, 0.25) is 0 Å². The van der Waals surface area contributed by atoms with E-state index < -0.39 is 0 Å². The van der Waals surface area contributed by atoms with Crippen LogP contribution < -0.4 is 5.32 Å². The largest absolute Gasteiger partial charge is 0.352 e. The second kappa shape index (κ2) is 15.5. The number of piperidine rings is 2. The quantitative estimate of drug-likeness (QED) is 0.306. The van der Waals surface area contributed by atoms with Crippen LogP contribution >= 0.6 is 0 Å². The molecule has 2 fully saturated rings. The number of aromatic nitrogens is 1. The van der Waals surface area contributed by atoms with Gasteiger partial charge in [-0.05, 0) is 118 Å². The van der Waals surface area contributed by atoms with Gasteiger partial charge in [0.1, 0.15) is 0 Å². The van der Waals surface area contributed by atoms with Crippen molar-refractivity contribution in [3.05, 3.63) is 89.3 Å². The fourth-order valence-corrected chi connectivity index (χ4v) is 6.76. The molecular weight excluding hydrogens is 504 g/mol. The van der Waals surface area contributed by atoms with E-state index in [1.54, 1.807) is 0 Å². The van der Waals surface area contributed by atoms with E-state index in [1.165, 1.54) is 87.8 Å². The van der Waals surface area contributed by atoms with Crippen LogP contribution in [-0.4, -0.2) is 53.4 Å². The first kappa shape index (κ1) is 29.7. The van der Waals surface area contributed by atoms with Crippen molar-refractivity contribution >= 4 is 5.91 Å². The maximum atomic E-state index is 12.8. The number of nitrogens with one attached hydrogen (secondary N) is 1. The molecule has 3 aliphatic rings. The number of rotatable bonds is 12. The van der Waals surface area contributed by atoms with Crippen molar-refractivity contribution in [2.24, 2.45) is 17.8 Å². The summed E-state index contributed by atoms with van der Waals surface area (Å²) in [4.78, 5) is 22.1. The third kappa shape index (κ3) is 9.65. The summed E-state index contributed by atoms with van der Waals surface area (Å²) < 4.78 is 0. The molecule has 1 aromatic carbocycles. The molecule has 1 atom stereocenters. The van der Waals surface area contributed by atoms with Gasteiger partial charge in [-0.3, -0.25) is 19.6 Å². The second-order valence-electron chi connectivity index (χ2n) is 12.8. The van der Waals surface area contributed by atoms with Crippen molar-refractivity contribution in [3.63, 3.8) is 0 Å². The third-order valence-corrected chi connectivity index (χ3v) is 9.48. The molecule has 5 heteroatoms. The molecule has 2 saturated heterocycles. The highest BCUT2D eigenvalue weighted by Crippen LogP contribution is 2.28. The Hall–Kier alpha value is -2.76. The van der Waals surface area contributed by atoms with Gasteiger partial charge < -0.3 is 5.32 Å². The highest BCUT2D eigenvalue weighted by molar-refractivity contribution is 5.94. The number of hydrogen-bond acceptors (Lipinski definition) is 4. The Labute approximate surface area is 248 Å².